The second-order valence-corrected chi connectivity index (χ2v) is 4.56. The summed E-state index contributed by atoms with van der Waals surface area (Å²) in [6.07, 6.45) is 0.189. The van der Waals surface area contributed by atoms with Gasteiger partial charge < -0.3 is 14.8 Å². The van der Waals surface area contributed by atoms with Gasteiger partial charge in [0.2, 0.25) is 11.2 Å². The van der Waals surface area contributed by atoms with Gasteiger partial charge >= 0.3 is 6.01 Å². The van der Waals surface area contributed by atoms with E-state index in [0.29, 0.717) is 19.1 Å². The lowest BCUT2D eigenvalue weighted by Gasteiger charge is -2.10. The zero-order chi connectivity index (χ0) is 13.5. The van der Waals surface area contributed by atoms with Crippen LogP contribution < -0.4 is 10.1 Å². The Morgan fingerprint density at radius 2 is 1.83 bits per heavy atom. The third-order valence-electron chi connectivity index (χ3n) is 1.77. The van der Waals surface area contributed by atoms with Crippen molar-refractivity contribution in [2.75, 3.05) is 18.5 Å². The molecule has 1 rings (SSSR count). The molecule has 0 saturated heterocycles. The van der Waals surface area contributed by atoms with E-state index < -0.39 is 0 Å². The Labute approximate surface area is 112 Å². The molecular weight excluding hydrogens is 256 g/mol. The fourth-order valence-corrected chi connectivity index (χ4v) is 1.28. The molecule has 0 fully saturated rings. The maximum absolute atomic E-state index is 5.78. The van der Waals surface area contributed by atoms with E-state index in [1.807, 2.05) is 27.7 Å². The predicted molar refractivity (Wildman–Crippen MR) is 70.2 cm³/mol. The fraction of sp³-hybridized carbons (Fsp3) is 0.727. The molecule has 0 unspecified atom stereocenters. The van der Waals surface area contributed by atoms with E-state index in [9.17, 15) is 0 Å². The molecule has 6 nitrogen and oxygen atoms in total. The van der Waals surface area contributed by atoms with Gasteiger partial charge in [-0.2, -0.15) is 15.0 Å². The number of ether oxygens (including phenoxy) is 2. The van der Waals surface area contributed by atoms with Crippen LogP contribution in [0, 0.1) is 0 Å². The molecule has 0 aliphatic heterocycles. The summed E-state index contributed by atoms with van der Waals surface area (Å²) in [5.41, 5.74) is 0. The molecule has 1 aromatic rings. The van der Waals surface area contributed by atoms with Crippen molar-refractivity contribution in [3.05, 3.63) is 5.28 Å². The first-order valence-corrected chi connectivity index (χ1v) is 6.29. The minimum Gasteiger partial charge on any atom is -0.461 e. The highest BCUT2D eigenvalue weighted by Crippen LogP contribution is 2.12. The predicted octanol–water partition coefficient (Wildman–Crippen LogP) is 2.15. The van der Waals surface area contributed by atoms with Gasteiger partial charge in [-0.1, -0.05) is 0 Å². The Morgan fingerprint density at radius 3 is 2.44 bits per heavy atom. The topological polar surface area (TPSA) is 69.2 Å². The average molecular weight is 275 g/mol. The van der Waals surface area contributed by atoms with Crippen LogP contribution in [0.15, 0.2) is 0 Å². The number of rotatable bonds is 7. The molecule has 102 valence electrons. The van der Waals surface area contributed by atoms with Gasteiger partial charge in [-0.15, -0.1) is 0 Å². The quantitative estimate of drug-likeness (QED) is 0.769. The van der Waals surface area contributed by atoms with Gasteiger partial charge in [0.05, 0.1) is 18.8 Å². The summed E-state index contributed by atoms with van der Waals surface area (Å²) in [6.45, 7) is 8.91. The van der Waals surface area contributed by atoms with Crippen molar-refractivity contribution < 1.29 is 9.47 Å². The number of hydrogen-bond acceptors (Lipinski definition) is 6. The molecule has 0 spiro atoms. The Morgan fingerprint density at radius 1 is 1.11 bits per heavy atom. The van der Waals surface area contributed by atoms with E-state index >= 15 is 0 Å². The Bertz CT molecular complexity index is 374. The summed E-state index contributed by atoms with van der Waals surface area (Å²) < 4.78 is 10.8. The SMILES string of the molecule is CC(C)OCCNc1nc(Cl)nc(OC(C)C)n1. The largest absolute Gasteiger partial charge is 0.461 e. The molecule has 0 aliphatic carbocycles. The maximum atomic E-state index is 5.78. The minimum absolute atomic E-state index is 0.0133. The van der Waals surface area contributed by atoms with E-state index in [-0.39, 0.29) is 23.5 Å². The van der Waals surface area contributed by atoms with Crippen LogP contribution in [0.3, 0.4) is 0 Å². The zero-order valence-corrected chi connectivity index (χ0v) is 11.9. The van der Waals surface area contributed by atoms with Crippen LogP contribution in [0.5, 0.6) is 6.01 Å². The van der Waals surface area contributed by atoms with Gasteiger partial charge in [-0.05, 0) is 39.3 Å². The van der Waals surface area contributed by atoms with Crippen LogP contribution >= 0.6 is 11.6 Å². The van der Waals surface area contributed by atoms with Gasteiger partial charge in [0, 0.05) is 6.54 Å². The molecule has 1 N–H and O–H groups in total. The smallest absolute Gasteiger partial charge is 0.322 e. The third kappa shape index (κ3) is 5.97. The summed E-state index contributed by atoms with van der Waals surface area (Å²) in [7, 11) is 0. The van der Waals surface area contributed by atoms with E-state index in [2.05, 4.69) is 20.3 Å². The number of aromatic nitrogens is 3. The molecule has 0 radical (unpaired) electrons. The highest BCUT2D eigenvalue weighted by molar-refractivity contribution is 6.28. The van der Waals surface area contributed by atoms with E-state index in [1.165, 1.54) is 0 Å². The highest BCUT2D eigenvalue weighted by atomic mass is 35.5. The molecule has 7 heteroatoms. The van der Waals surface area contributed by atoms with Gasteiger partial charge in [0.25, 0.3) is 0 Å². The molecule has 0 aliphatic rings. The van der Waals surface area contributed by atoms with Crippen LogP contribution in [0.1, 0.15) is 27.7 Å². The first-order chi connectivity index (χ1) is 8.47. The van der Waals surface area contributed by atoms with Crippen molar-refractivity contribution in [3.8, 4) is 6.01 Å². The van der Waals surface area contributed by atoms with Crippen molar-refractivity contribution in [1.82, 2.24) is 15.0 Å². The summed E-state index contributed by atoms with van der Waals surface area (Å²) in [4.78, 5) is 11.9. The van der Waals surface area contributed by atoms with E-state index in [1.54, 1.807) is 0 Å². The average Bonchev–Trinajstić information content (AvgIpc) is 2.22. The summed E-state index contributed by atoms with van der Waals surface area (Å²) in [5.74, 6) is 0.387. The number of halogens is 1. The first-order valence-electron chi connectivity index (χ1n) is 5.91. The molecule has 0 bridgehead atoms. The van der Waals surface area contributed by atoms with Crippen molar-refractivity contribution in [1.29, 1.82) is 0 Å². The van der Waals surface area contributed by atoms with Crippen molar-refractivity contribution in [2.24, 2.45) is 0 Å². The Kier molecular flexibility index (Phi) is 6.07. The number of anilines is 1. The van der Waals surface area contributed by atoms with E-state index in [0.717, 1.165) is 0 Å². The van der Waals surface area contributed by atoms with Gasteiger partial charge in [0.15, 0.2) is 0 Å². The highest BCUT2D eigenvalue weighted by Gasteiger charge is 2.07. The van der Waals surface area contributed by atoms with Crippen LogP contribution in [0.2, 0.25) is 5.28 Å². The first kappa shape index (κ1) is 14.9. The Balaban J connectivity index is 2.51. The molecule has 1 heterocycles. The molecule has 0 atom stereocenters. The van der Waals surface area contributed by atoms with Crippen molar-refractivity contribution in [2.45, 2.75) is 39.9 Å². The lowest BCUT2D eigenvalue weighted by molar-refractivity contribution is 0.0869. The summed E-state index contributed by atoms with van der Waals surface area (Å²) in [5, 5.41) is 3.11. The van der Waals surface area contributed by atoms with Gasteiger partial charge in [0.1, 0.15) is 0 Å². The third-order valence-corrected chi connectivity index (χ3v) is 1.93. The van der Waals surface area contributed by atoms with Crippen LogP contribution in [-0.4, -0.2) is 40.3 Å². The molecular formula is C11H19ClN4O2. The van der Waals surface area contributed by atoms with Crippen LogP contribution in [-0.2, 0) is 4.74 Å². The standard InChI is InChI=1S/C11H19ClN4O2/c1-7(2)17-6-5-13-10-14-9(12)15-11(16-10)18-8(3)4/h7-8H,5-6H2,1-4H3,(H,13,14,15,16). The van der Waals surface area contributed by atoms with Crippen LogP contribution in [0.25, 0.3) is 0 Å². The lowest BCUT2D eigenvalue weighted by atomic mass is 10.5. The number of hydrogen-bond donors (Lipinski definition) is 1. The molecule has 0 amide bonds. The second-order valence-electron chi connectivity index (χ2n) is 4.22. The summed E-state index contributed by atoms with van der Waals surface area (Å²) >= 11 is 5.78. The molecule has 1 aromatic heterocycles. The molecule has 0 aromatic carbocycles. The monoisotopic (exact) mass is 274 g/mol. The number of nitrogens with one attached hydrogen (secondary N) is 1. The van der Waals surface area contributed by atoms with Crippen LogP contribution in [0.4, 0.5) is 5.95 Å². The van der Waals surface area contributed by atoms with Crippen molar-refractivity contribution in [3.63, 3.8) is 0 Å². The van der Waals surface area contributed by atoms with Gasteiger partial charge in [-0.25, -0.2) is 0 Å². The lowest BCUT2D eigenvalue weighted by Crippen LogP contribution is -2.16. The van der Waals surface area contributed by atoms with Gasteiger partial charge in [-0.3, -0.25) is 0 Å². The van der Waals surface area contributed by atoms with E-state index in [4.69, 9.17) is 21.1 Å². The normalized spacial score (nSPS) is 11.1. The second kappa shape index (κ2) is 7.33. The Hall–Kier alpha value is -1.14. The molecule has 0 saturated carbocycles. The van der Waals surface area contributed by atoms with Crippen molar-refractivity contribution >= 4 is 17.5 Å². The number of nitrogens with zero attached hydrogens (tertiary/aromatic N) is 3. The minimum atomic E-state index is -0.0133. The molecule has 18 heavy (non-hydrogen) atoms. The fourth-order valence-electron chi connectivity index (χ4n) is 1.13. The summed E-state index contributed by atoms with van der Waals surface area (Å²) in [6, 6.07) is 0.220. The maximum Gasteiger partial charge on any atom is 0.322 e. The zero-order valence-electron chi connectivity index (χ0n) is 11.1.